The predicted octanol–water partition coefficient (Wildman–Crippen LogP) is -0.611. The Morgan fingerprint density at radius 1 is 1.27 bits per heavy atom. The van der Waals surface area contributed by atoms with Gasteiger partial charge in [-0.25, -0.2) is 0 Å². The van der Waals surface area contributed by atoms with E-state index in [4.69, 9.17) is 19.3 Å². The number of rotatable bonds is 7. The van der Waals surface area contributed by atoms with Crippen molar-refractivity contribution in [1.29, 1.82) is 0 Å². The molecule has 1 aliphatic rings. The lowest BCUT2D eigenvalue weighted by Crippen LogP contribution is -2.45. The highest BCUT2D eigenvalue weighted by atomic mass is 16.6. The summed E-state index contributed by atoms with van der Waals surface area (Å²) in [6.45, 7) is 5.92. The van der Waals surface area contributed by atoms with Gasteiger partial charge in [0.05, 0.1) is 45.2 Å². The van der Waals surface area contributed by atoms with Crippen molar-refractivity contribution < 1.29 is 19.3 Å². The molecular weight excluding hydrogens is 198 g/mol. The quantitative estimate of drug-likeness (QED) is 0.559. The average Bonchev–Trinajstić information content (AvgIpc) is 2.23. The number of nitrogens with one attached hydrogen (secondary N) is 1. The Labute approximate surface area is 90.7 Å². The highest BCUT2D eigenvalue weighted by molar-refractivity contribution is 4.71. The van der Waals surface area contributed by atoms with Crippen molar-refractivity contribution in [2.24, 2.45) is 0 Å². The van der Waals surface area contributed by atoms with Gasteiger partial charge in [0.2, 0.25) is 0 Å². The summed E-state index contributed by atoms with van der Waals surface area (Å²) in [6, 6.07) is 0. The molecule has 90 valence electrons. The van der Waals surface area contributed by atoms with E-state index in [9.17, 15) is 0 Å². The Hall–Kier alpha value is -0.200. The minimum Gasteiger partial charge on any atom is -0.394 e. The fourth-order valence-electron chi connectivity index (χ4n) is 1.47. The first-order chi connectivity index (χ1) is 7.33. The fourth-order valence-corrected chi connectivity index (χ4v) is 1.47. The van der Waals surface area contributed by atoms with E-state index in [-0.39, 0.29) is 18.8 Å². The van der Waals surface area contributed by atoms with Crippen LogP contribution in [0.5, 0.6) is 0 Å². The molecule has 0 aromatic carbocycles. The lowest BCUT2D eigenvalue weighted by atomic mass is 10.2. The first kappa shape index (κ1) is 12.9. The largest absolute Gasteiger partial charge is 0.394 e. The zero-order valence-electron chi connectivity index (χ0n) is 9.28. The van der Waals surface area contributed by atoms with Crippen LogP contribution in [0.1, 0.15) is 6.92 Å². The van der Waals surface area contributed by atoms with Gasteiger partial charge in [0.1, 0.15) is 0 Å². The Morgan fingerprint density at radius 2 is 2.07 bits per heavy atom. The van der Waals surface area contributed by atoms with E-state index >= 15 is 0 Å². The van der Waals surface area contributed by atoms with Gasteiger partial charge in [-0.2, -0.15) is 0 Å². The number of aliphatic hydroxyl groups is 1. The highest BCUT2D eigenvalue weighted by Crippen LogP contribution is 2.03. The Bertz CT molecular complexity index is 156. The van der Waals surface area contributed by atoms with Crippen molar-refractivity contribution in [3.8, 4) is 0 Å². The van der Waals surface area contributed by atoms with E-state index in [2.05, 4.69) is 5.32 Å². The average molecular weight is 219 g/mol. The third-order valence-corrected chi connectivity index (χ3v) is 2.14. The second-order valence-electron chi connectivity index (χ2n) is 3.64. The van der Waals surface area contributed by atoms with Crippen LogP contribution in [0.3, 0.4) is 0 Å². The van der Waals surface area contributed by atoms with E-state index in [1.54, 1.807) is 0 Å². The predicted molar refractivity (Wildman–Crippen MR) is 55.9 cm³/mol. The first-order valence-corrected chi connectivity index (χ1v) is 5.45. The normalized spacial score (nSPS) is 26.8. The van der Waals surface area contributed by atoms with Crippen LogP contribution in [0, 0.1) is 0 Å². The number of aliphatic hydroxyl groups excluding tert-OH is 1. The molecule has 0 aromatic rings. The number of hydrogen-bond acceptors (Lipinski definition) is 5. The topological polar surface area (TPSA) is 60.0 Å². The van der Waals surface area contributed by atoms with Crippen LogP contribution in [0.4, 0.5) is 0 Å². The fraction of sp³-hybridized carbons (Fsp3) is 1.00. The van der Waals surface area contributed by atoms with Crippen LogP contribution >= 0.6 is 0 Å². The standard InChI is InChI=1S/C10H21NO4/c1-9-6-11-7-10(15-9)8-14-5-4-13-3-2-12/h9-12H,2-8H2,1H3. The van der Waals surface area contributed by atoms with Crippen molar-refractivity contribution in [3.05, 3.63) is 0 Å². The lowest BCUT2D eigenvalue weighted by Gasteiger charge is -2.28. The van der Waals surface area contributed by atoms with Crippen LogP contribution in [0.2, 0.25) is 0 Å². The molecular formula is C10H21NO4. The molecule has 2 unspecified atom stereocenters. The molecule has 1 fully saturated rings. The van der Waals surface area contributed by atoms with Gasteiger partial charge in [0, 0.05) is 13.1 Å². The van der Waals surface area contributed by atoms with Crippen LogP contribution in [-0.2, 0) is 14.2 Å². The second kappa shape index (κ2) is 8.01. The summed E-state index contributed by atoms with van der Waals surface area (Å²) in [6.07, 6.45) is 0.407. The van der Waals surface area contributed by atoms with Gasteiger partial charge in [-0.15, -0.1) is 0 Å². The summed E-state index contributed by atoms with van der Waals surface area (Å²) in [7, 11) is 0. The first-order valence-electron chi connectivity index (χ1n) is 5.45. The summed E-state index contributed by atoms with van der Waals surface area (Å²) >= 11 is 0. The van der Waals surface area contributed by atoms with Crippen LogP contribution in [0.15, 0.2) is 0 Å². The summed E-state index contributed by atoms with van der Waals surface area (Å²) in [5.41, 5.74) is 0. The minimum atomic E-state index is 0.0627. The van der Waals surface area contributed by atoms with E-state index in [0.717, 1.165) is 13.1 Å². The molecule has 15 heavy (non-hydrogen) atoms. The van der Waals surface area contributed by atoms with Crippen LogP contribution < -0.4 is 5.32 Å². The van der Waals surface area contributed by atoms with E-state index < -0.39 is 0 Å². The van der Waals surface area contributed by atoms with Crippen molar-refractivity contribution in [1.82, 2.24) is 5.32 Å². The third-order valence-electron chi connectivity index (χ3n) is 2.14. The maximum atomic E-state index is 8.46. The van der Waals surface area contributed by atoms with Gasteiger partial charge < -0.3 is 24.6 Å². The summed E-state index contributed by atoms with van der Waals surface area (Å²) in [5.74, 6) is 0. The van der Waals surface area contributed by atoms with Gasteiger partial charge in [-0.05, 0) is 6.92 Å². The molecule has 1 heterocycles. The SMILES string of the molecule is CC1CNCC(COCCOCCO)O1. The molecule has 0 amide bonds. The number of morpholine rings is 1. The van der Waals surface area contributed by atoms with E-state index in [1.165, 1.54) is 0 Å². The zero-order valence-corrected chi connectivity index (χ0v) is 9.28. The van der Waals surface area contributed by atoms with Gasteiger partial charge in [-0.1, -0.05) is 0 Å². The molecule has 0 bridgehead atoms. The van der Waals surface area contributed by atoms with Crippen molar-refractivity contribution in [2.45, 2.75) is 19.1 Å². The maximum Gasteiger partial charge on any atom is 0.0936 e. The lowest BCUT2D eigenvalue weighted by molar-refractivity contribution is -0.0753. The van der Waals surface area contributed by atoms with Gasteiger partial charge in [0.25, 0.3) is 0 Å². The molecule has 1 saturated heterocycles. The molecule has 2 atom stereocenters. The third kappa shape index (κ3) is 6.06. The molecule has 1 aliphatic heterocycles. The van der Waals surface area contributed by atoms with Crippen LogP contribution in [-0.4, -0.2) is 63.4 Å². The van der Waals surface area contributed by atoms with Crippen LogP contribution in [0.25, 0.3) is 0 Å². The molecule has 2 N–H and O–H groups in total. The minimum absolute atomic E-state index is 0.0627. The Morgan fingerprint density at radius 3 is 2.80 bits per heavy atom. The smallest absolute Gasteiger partial charge is 0.0936 e. The Kier molecular flexibility index (Phi) is 6.87. The van der Waals surface area contributed by atoms with Gasteiger partial charge >= 0.3 is 0 Å². The molecule has 0 spiro atoms. The number of ether oxygens (including phenoxy) is 3. The maximum absolute atomic E-state index is 8.46. The zero-order chi connectivity index (χ0) is 10.9. The highest BCUT2D eigenvalue weighted by Gasteiger charge is 2.18. The van der Waals surface area contributed by atoms with E-state index in [0.29, 0.717) is 26.4 Å². The molecule has 0 aliphatic carbocycles. The summed E-state index contributed by atoms with van der Waals surface area (Å²) in [4.78, 5) is 0. The van der Waals surface area contributed by atoms with Gasteiger partial charge in [0.15, 0.2) is 0 Å². The van der Waals surface area contributed by atoms with Crippen molar-refractivity contribution in [3.63, 3.8) is 0 Å². The van der Waals surface area contributed by atoms with Crippen molar-refractivity contribution >= 4 is 0 Å². The molecule has 0 saturated carbocycles. The Balaban J connectivity index is 1.90. The summed E-state index contributed by atoms with van der Waals surface area (Å²) in [5, 5.41) is 11.7. The van der Waals surface area contributed by atoms with Crippen molar-refractivity contribution in [2.75, 3.05) is 46.1 Å². The molecule has 0 radical (unpaired) electrons. The molecule has 0 aromatic heterocycles. The molecule has 5 nitrogen and oxygen atoms in total. The summed E-state index contributed by atoms with van der Waals surface area (Å²) < 4.78 is 16.1. The van der Waals surface area contributed by atoms with Gasteiger partial charge in [-0.3, -0.25) is 0 Å². The molecule has 1 rings (SSSR count). The monoisotopic (exact) mass is 219 g/mol. The molecule has 5 heteroatoms. The number of hydrogen-bond donors (Lipinski definition) is 2. The second-order valence-corrected chi connectivity index (χ2v) is 3.64. The van der Waals surface area contributed by atoms with E-state index in [1.807, 2.05) is 6.92 Å².